The largest absolute Gasteiger partial charge is 0.381 e. The van der Waals surface area contributed by atoms with Crippen LogP contribution in [0.4, 0.5) is 0 Å². The number of hydrogen-bond donors (Lipinski definition) is 2. The van der Waals surface area contributed by atoms with E-state index < -0.39 is 0 Å². The second kappa shape index (κ2) is 5.10. The van der Waals surface area contributed by atoms with E-state index in [-0.39, 0.29) is 0 Å². The quantitative estimate of drug-likeness (QED) is 0.705. The van der Waals surface area contributed by atoms with Gasteiger partial charge >= 0.3 is 0 Å². The first-order valence-corrected chi connectivity index (χ1v) is 5.91. The number of ether oxygens (including phenoxy) is 1. The molecule has 0 aromatic rings. The molecule has 0 aromatic heterocycles. The highest BCUT2D eigenvalue weighted by Crippen LogP contribution is 2.18. The minimum absolute atomic E-state index is 0.447. The molecule has 1 aliphatic carbocycles. The van der Waals surface area contributed by atoms with Crippen molar-refractivity contribution < 1.29 is 4.74 Å². The van der Waals surface area contributed by atoms with E-state index in [4.69, 9.17) is 10.5 Å². The molecule has 0 bridgehead atoms. The summed E-state index contributed by atoms with van der Waals surface area (Å²) in [6.45, 7) is 3.09. The van der Waals surface area contributed by atoms with Gasteiger partial charge in [-0.05, 0) is 44.6 Å². The maximum Gasteiger partial charge on any atom is 0.0495 e. The lowest BCUT2D eigenvalue weighted by molar-refractivity contribution is 0.184. The zero-order valence-corrected chi connectivity index (χ0v) is 8.87. The average molecular weight is 198 g/mol. The van der Waals surface area contributed by atoms with Gasteiger partial charge in [0.25, 0.3) is 0 Å². The molecule has 1 saturated carbocycles. The Morgan fingerprint density at radius 2 is 2.21 bits per heavy atom. The maximum absolute atomic E-state index is 5.86. The fourth-order valence-corrected chi connectivity index (χ4v) is 2.50. The normalized spacial score (nSPS) is 37.9. The van der Waals surface area contributed by atoms with Gasteiger partial charge in [0.15, 0.2) is 0 Å². The molecule has 3 heteroatoms. The monoisotopic (exact) mass is 198 g/mol. The molecule has 82 valence electrons. The fraction of sp³-hybridized carbons (Fsp3) is 1.00. The first-order chi connectivity index (χ1) is 6.84. The molecule has 3 nitrogen and oxygen atoms in total. The van der Waals surface area contributed by atoms with E-state index in [1.807, 2.05) is 0 Å². The van der Waals surface area contributed by atoms with Gasteiger partial charge in [-0.2, -0.15) is 0 Å². The first kappa shape index (κ1) is 10.4. The van der Waals surface area contributed by atoms with Gasteiger partial charge < -0.3 is 15.8 Å². The molecule has 0 spiro atoms. The summed E-state index contributed by atoms with van der Waals surface area (Å²) in [5, 5.41) is 3.60. The number of nitrogens with one attached hydrogen (secondary N) is 1. The van der Waals surface area contributed by atoms with E-state index in [1.165, 1.54) is 32.1 Å². The molecule has 1 saturated heterocycles. The minimum Gasteiger partial charge on any atom is -0.381 e. The predicted octanol–water partition coefficient (Wildman–Crippen LogP) is 0.882. The third-order valence-electron chi connectivity index (χ3n) is 3.48. The van der Waals surface area contributed by atoms with Crippen molar-refractivity contribution in [1.82, 2.24) is 5.32 Å². The SMILES string of the molecule is NC1CCC(NCCC2CCOC2)C1. The highest BCUT2D eigenvalue weighted by molar-refractivity contribution is 4.82. The molecule has 0 amide bonds. The highest BCUT2D eigenvalue weighted by Gasteiger charge is 2.21. The van der Waals surface area contributed by atoms with E-state index in [2.05, 4.69) is 5.32 Å². The lowest BCUT2D eigenvalue weighted by atomic mass is 10.1. The Hall–Kier alpha value is -0.120. The summed E-state index contributed by atoms with van der Waals surface area (Å²) in [6.07, 6.45) is 6.16. The van der Waals surface area contributed by atoms with Crippen LogP contribution in [0.1, 0.15) is 32.1 Å². The Labute approximate surface area is 86.4 Å². The summed E-state index contributed by atoms with van der Waals surface area (Å²) in [5.41, 5.74) is 5.86. The molecule has 3 unspecified atom stereocenters. The number of rotatable bonds is 4. The van der Waals surface area contributed by atoms with Crippen molar-refractivity contribution in [2.45, 2.75) is 44.2 Å². The lowest BCUT2D eigenvalue weighted by Crippen LogP contribution is -2.30. The van der Waals surface area contributed by atoms with Gasteiger partial charge in [0.1, 0.15) is 0 Å². The summed E-state index contributed by atoms with van der Waals surface area (Å²) in [4.78, 5) is 0. The molecule has 3 atom stereocenters. The fourth-order valence-electron chi connectivity index (χ4n) is 2.50. The summed E-state index contributed by atoms with van der Waals surface area (Å²) in [6, 6.07) is 1.13. The summed E-state index contributed by atoms with van der Waals surface area (Å²) in [7, 11) is 0. The molecule has 1 aliphatic heterocycles. The zero-order chi connectivity index (χ0) is 9.80. The van der Waals surface area contributed by atoms with Crippen molar-refractivity contribution in [2.24, 2.45) is 11.7 Å². The maximum atomic E-state index is 5.86. The lowest BCUT2D eigenvalue weighted by Gasteiger charge is -2.13. The second-order valence-corrected chi connectivity index (χ2v) is 4.74. The van der Waals surface area contributed by atoms with Crippen molar-refractivity contribution in [3.8, 4) is 0 Å². The average Bonchev–Trinajstić information content (AvgIpc) is 2.77. The molecule has 2 fully saturated rings. The van der Waals surface area contributed by atoms with Crippen LogP contribution in [0.25, 0.3) is 0 Å². The molecule has 2 rings (SSSR count). The van der Waals surface area contributed by atoms with Crippen LogP contribution in [0.15, 0.2) is 0 Å². The summed E-state index contributed by atoms with van der Waals surface area (Å²) < 4.78 is 5.35. The summed E-state index contributed by atoms with van der Waals surface area (Å²) in [5.74, 6) is 0.803. The van der Waals surface area contributed by atoms with Gasteiger partial charge in [-0.25, -0.2) is 0 Å². The molecule has 1 heterocycles. The van der Waals surface area contributed by atoms with E-state index in [1.54, 1.807) is 0 Å². The number of nitrogens with two attached hydrogens (primary N) is 1. The van der Waals surface area contributed by atoms with Crippen molar-refractivity contribution in [2.75, 3.05) is 19.8 Å². The van der Waals surface area contributed by atoms with E-state index in [0.29, 0.717) is 12.1 Å². The zero-order valence-electron chi connectivity index (χ0n) is 8.87. The molecular weight excluding hydrogens is 176 g/mol. The molecular formula is C11H22N2O. The molecule has 2 aliphatic rings. The molecule has 0 radical (unpaired) electrons. The molecule has 0 aromatic carbocycles. The van der Waals surface area contributed by atoms with E-state index in [0.717, 1.165) is 25.7 Å². The Bertz CT molecular complexity index is 169. The Morgan fingerprint density at radius 3 is 2.86 bits per heavy atom. The standard InChI is InChI=1S/C11H22N2O/c12-10-1-2-11(7-10)13-5-3-9-4-6-14-8-9/h9-11,13H,1-8,12H2. The van der Waals surface area contributed by atoms with Crippen LogP contribution in [0.2, 0.25) is 0 Å². The third-order valence-corrected chi connectivity index (χ3v) is 3.48. The van der Waals surface area contributed by atoms with Crippen LogP contribution in [0.5, 0.6) is 0 Å². The minimum atomic E-state index is 0.447. The Morgan fingerprint density at radius 1 is 1.29 bits per heavy atom. The van der Waals surface area contributed by atoms with Gasteiger partial charge in [0.05, 0.1) is 0 Å². The van der Waals surface area contributed by atoms with Gasteiger partial charge in [0, 0.05) is 25.3 Å². The van der Waals surface area contributed by atoms with Crippen LogP contribution >= 0.6 is 0 Å². The topological polar surface area (TPSA) is 47.3 Å². The molecule has 3 N–H and O–H groups in total. The Balaban J connectivity index is 1.54. The van der Waals surface area contributed by atoms with Crippen LogP contribution in [-0.2, 0) is 4.74 Å². The van der Waals surface area contributed by atoms with Crippen molar-refractivity contribution in [3.05, 3.63) is 0 Å². The van der Waals surface area contributed by atoms with Crippen LogP contribution in [-0.4, -0.2) is 31.8 Å². The van der Waals surface area contributed by atoms with Crippen LogP contribution in [0, 0.1) is 5.92 Å². The van der Waals surface area contributed by atoms with E-state index in [9.17, 15) is 0 Å². The van der Waals surface area contributed by atoms with Gasteiger partial charge in [0.2, 0.25) is 0 Å². The van der Waals surface area contributed by atoms with Crippen LogP contribution in [0.3, 0.4) is 0 Å². The van der Waals surface area contributed by atoms with Crippen molar-refractivity contribution in [1.29, 1.82) is 0 Å². The summed E-state index contributed by atoms with van der Waals surface area (Å²) >= 11 is 0. The Kier molecular flexibility index (Phi) is 3.79. The number of hydrogen-bond acceptors (Lipinski definition) is 3. The van der Waals surface area contributed by atoms with Crippen LogP contribution < -0.4 is 11.1 Å². The highest BCUT2D eigenvalue weighted by atomic mass is 16.5. The van der Waals surface area contributed by atoms with E-state index >= 15 is 0 Å². The second-order valence-electron chi connectivity index (χ2n) is 4.74. The van der Waals surface area contributed by atoms with Gasteiger partial charge in [-0.3, -0.25) is 0 Å². The molecule has 14 heavy (non-hydrogen) atoms. The van der Waals surface area contributed by atoms with Crippen molar-refractivity contribution >= 4 is 0 Å². The third kappa shape index (κ3) is 2.94. The smallest absolute Gasteiger partial charge is 0.0495 e. The predicted molar refractivity (Wildman–Crippen MR) is 57.2 cm³/mol. The van der Waals surface area contributed by atoms with Gasteiger partial charge in [-0.15, -0.1) is 0 Å². The van der Waals surface area contributed by atoms with Crippen molar-refractivity contribution in [3.63, 3.8) is 0 Å². The first-order valence-electron chi connectivity index (χ1n) is 5.91. The van der Waals surface area contributed by atoms with Gasteiger partial charge in [-0.1, -0.05) is 0 Å².